The lowest BCUT2D eigenvalue weighted by Gasteiger charge is -2.37. The lowest BCUT2D eigenvalue weighted by Crippen LogP contribution is -2.47. The van der Waals surface area contributed by atoms with Crippen LogP contribution in [0.4, 0.5) is 11.5 Å². The lowest BCUT2D eigenvalue weighted by atomic mass is 10.2. The Kier molecular flexibility index (Phi) is 3.91. The zero-order valence-electron chi connectivity index (χ0n) is 14.5. The number of rotatable bonds is 3. The zero-order chi connectivity index (χ0) is 17.4. The summed E-state index contributed by atoms with van der Waals surface area (Å²) in [5, 5.41) is 0. The minimum absolute atomic E-state index is 0.162. The van der Waals surface area contributed by atoms with Crippen molar-refractivity contribution in [1.82, 2.24) is 19.9 Å². The molecule has 0 radical (unpaired) electrons. The number of hydrogen-bond donors (Lipinski definition) is 2. The highest BCUT2D eigenvalue weighted by atomic mass is 16.1. The van der Waals surface area contributed by atoms with Gasteiger partial charge in [0.05, 0.1) is 16.7 Å². The van der Waals surface area contributed by atoms with Gasteiger partial charge in [0.15, 0.2) is 0 Å². The molecule has 1 saturated heterocycles. The molecule has 3 heterocycles. The number of imidazole rings is 1. The Morgan fingerprint density at radius 1 is 1.08 bits per heavy atom. The zero-order valence-corrected chi connectivity index (χ0v) is 14.5. The molecule has 7 nitrogen and oxygen atoms in total. The van der Waals surface area contributed by atoms with Crippen molar-refractivity contribution in [2.45, 2.75) is 20.3 Å². The topological polar surface area (TPSA) is 80.9 Å². The van der Waals surface area contributed by atoms with Gasteiger partial charge in [-0.1, -0.05) is 13.0 Å². The number of anilines is 2. The number of H-pyrrole nitrogens is 2. The van der Waals surface area contributed by atoms with Gasteiger partial charge in [0.1, 0.15) is 11.6 Å². The molecular formula is C18H22N6O. The maximum Gasteiger partial charge on any atom is 0.323 e. The summed E-state index contributed by atoms with van der Waals surface area (Å²) >= 11 is 0. The van der Waals surface area contributed by atoms with Crippen LogP contribution in [0.15, 0.2) is 29.1 Å². The molecule has 0 amide bonds. The summed E-state index contributed by atoms with van der Waals surface area (Å²) in [6.07, 6.45) is 0.916. The van der Waals surface area contributed by atoms with Crippen LogP contribution >= 0.6 is 0 Å². The highest BCUT2D eigenvalue weighted by Gasteiger charge is 2.21. The fraction of sp³-hybridized carbons (Fsp3) is 0.389. The third kappa shape index (κ3) is 2.97. The molecule has 1 aliphatic rings. The summed E-state index contributed by atoms with van der Waals surface area (Å²) in [5.41, 5.74) is 3.73. The number of fused-ring (bicyclic) bond motifs is 1. The largest absolute Gasteiger partial charge is 0.366 e. The molecule has 0 spiro atoms. The molecule has 4 rings (SSSR count). The fourth-order valence-corrected chi connectivity index (χ4v) is 3.44. The molecule has 1 aliphatic heterocycles. The standard InChI is InChI=1S/C18H22N6O/c1-3-13-11-16(20-12(2)19-13)24-9-7-23(8-10-24)15-6-4-5-14-17(15)22-18(25)21-14/h4-6,11H,3,7-10H2,1-2H3,(H2,21,22,25). The van der Waals surface area contributed by atoms with E-state index in [0.29, 0.717) is 0 Å². The predicted octanol–water partition coefficient (Wildman–Crippen LogP) is 1.84. The number of aryl methyl sites for hydroxylation is 2. The van der Waals surface area contributed by atoms with E-state index in [2.05, 4.69) is 48.8 Å². The maximum absolute atomic E-state index is 11.6. The molecule has 0 saturated carbocycles. The van der Waals surface area contributed by atoms with Gasteiger partial charge in [-0.2, -0.15) is 0 Å². The molecule has 0 bridgehead atoms. The van der Waals surface area contributed by atoms with Crippen LogP contribution in [0, 0.1) is 6.92 Å². The van der Waals surface area contributed by atoms with E-state index in [1.54, 1.807) is 0 Å². The van der Waals surface area contributed by atoms with Gasteiger partial charge >= 0.3 is 5.69 Å². The van der Waals surface area contributed by atoms with Gasteiger partial charge in [0.25, 0.3) is 0 Å². The van der Waals surface area contributed by atoms with Crippen molar-refractivity contribution in [2.75, 3.05) is 36.0 Å². The van der Waals surface area contributed by atoms with Crippen LogP contribution < -0.4 is 15.5 Å². The first-order valence-electron chi connectivity index (χ1n) is 8.69. The van der Waals surface area contributed by atoms with Crippen LogP contribution in [-0.2, 0) is 6.42 Å². The second kappa shape index (κ2) is 6.23. The Morgan fingerprint density at radius 2 is 1.84 bits per heavy atom. The lowest BCUT2D eigenvalue weighted by molar-refractivity contribution is 0.646. The Labute approximate surface area is 145 Å². The van der Waals surface area contributed by atoms with E-state index in [-0.39, 0.29) is 5.69 Å². The normalized spacial score (nSPS) is 15.1. The third-order valence-corrected chi connectivity index (χ3v) is 4.71. The summed E-state index contributed by atoms with van der Waals surface area (Å²) in [5.74, 6) is 1.84. The summed E-state index contributed by atoms with van der Waals surface area (Å²) in [6.45, 7) is 7.62. The first kappa shape index (κ1) is 15.7. The van der Waals surface area contributed by atoms with Gasteiger partial charge in [-0.15, -0.1) is 0 Å². The monoisotopic (exact) mass is 338 g/mol. The number of hydrogen-bond acceptors (Lipinski definition) is 5. The number of benzene rings is 1. The quantitative estimate of drug-likeness (QED) is 0.762. The number of nitrogens with one attached hydrogen (secondary N) is 2. The Bertz CT molecular complexity index is 952. The van der Waals surface area contributed by atoms with Crippen LogP contribution in [0.1, 0.15) is 18.4 Å². The number of nitrogens with zero attached hydrogens (tertiary/aromatic N) is 4. The highest BCUT2D eigenvalue weighted by Crippen LogP contribution is 2.25. The first-order valence-corrected chi connectivity index (χ1v) is 8.69. The van der Waals surface area contributed by atoms with Crippen molar-refractivity contribution in [3.63, 3.8) is 0 Å². The molecular weight excluding hydrogens is 316 g/mol. The van der Waals surface area contributed by atoms with Crippen molar-refractivity contribution in [2.24, 2.45) is 0 Å². The molecule has 25 heavy (non-hydrogen) atoms. The van der Waals surface area contributed by atoms with Crippen LogP contribution in [0.25, 0.3) is 11.0 Å². The van der Waals surface area contributed by atoms with E-state index in [1.165, 1.54) is 0 Å². The number of piperazine rings is 1. The van der Waals surface area contributed by atoms with E-state index in [1.807, 2.05) is 19.1 Å². The van der Waals surface area contributed by atoms with Crippen molar-refractivity contribution < 1.29 is 0 Å². The van der Waals surface area contributed by atoms with Crippen molar-refractivity contribution in [1.29, 1.82) is 0 Å². The summed E-state index contributed by atoms with van der Waals surface area (Å²) < 4.78 is 0. The SMILES string of the molecule is CCc1cc(N2CCN(c3cccc4[nH]c(=O)[nH]c34)CC2)nc(C)n1. The van der Waals surface area contributed by atoms with Gasteiger partial charge in [0, 0.05) is 37.9 Å². The van der Waals surface area contributed by atoms with Crippen molar-refractivity contribution in [3.8, 4) is 0 Å². The smallest absolute Gasteiger partial charge is 0.323 e. The molecule has 130 valence electrons. The second-order valence-electron chi connectivity index (χ2n) is 6.37. The number of para-hydroxylation sites is 1. The first-order chi connectivity index (χ1) is 12.1. The minimum Gasteiger partial charge on any atom is -0.366 e. The van der Waals surface area contributed by atoms with E-state index in [4.69, 9.17) is 0 Å². The molecule has 2 N–H and O–H groups in total. The molecule has 7 heteroatoms. The van der Waals surface area contributed by atoms with E-state index in [0.717, 1.165) is 66.7 Å². The van der Waals surface area contributed by atoms with Gasteiger partial charge in [-0.05, 0) is 25.5 Å². The Hall–Kier alpha value is -2.83. The predicted molar refractivity (Wildman–Crippen MR) is 99.5 cm³/mol. The minimum atomic E-state index is -0.162. The summed E-state index contributed by atoms with van der Waals surface area (Å²) in [7, 11) is 0. The van der Waals surface area contributed by atoms with Crippen LogP contribution in [-0.4, -0.2) is 46.1 Å². The molecule has 0 atom stereocenters. The second-order valence-corrected chi connectivity index (χ2v) is 6.37. The average Bonchev–Trinajstić information content (AvgIpc) is 3.01. The van der Waals surface area contributed by atoms with Gasteiger partial charge in [0.2, 0.25) is 0 Å². The van der Waals surface area contributed by atoms with E-state index < -0.39 is 0 Å². The van der Waals surface area contributed by atoms with E-state index in [9.17, 15) is 4.79 Å². The molecule has 1 fully saturated rings. The Morgan fingerprint density at radius 3 is 2.60 bits per heavy atom. The molecule has 0 unspecified atom stereocenters. The molecule has 0 aliphatic carbocycles. The van der Waals surface area contributed by atoms with Gasteiger partial charge in [-0.25, -0.2) is 14.8 Å². The third-order valence-electron chi connectivity index (χ3n) is 4.71. The van der Waals surface area contributed by atoms with Crippen LogP contribution in [0.3, 0.4) is 0 Å². The summed E-state index contributed by atoms with van der Waals surface area (Å²) in [6, 6.07) is 8.05. The van der Waals surface area contributed by atoms with Gasteiger partial charge < -0.3 is 19.8 Å². The fourth-order valence-electron chi connectivity index (χ4n) is 3.44. The van der Waals surface area contributed by atoms with Crippen LogP contribution in [0.5, 0.6) is 0 Å². The Balaban J connectivity index is 1.55. The highest BCUT2D eigenvalue weighted by molar-refractivity contribution is 5.88. The van der Waals surface area contributed by atoms with Gasteiger partial charge in [-0.3, -0.25) is 0 Å². The molecule has 3 aromatic rings. The maximum atomic E-state index is 11.6. The number of aromatic amines is 2. The van der Waals surface area contributed by atoms with Crippen LogP contribution in [0.2, 0.25) is 0 Å². The summed E-state index contributed by atoms with van der Waals surface area (Å²) in [4.78, 5) is 31.0. The van der Waals surface area contributed by atoms with Crippen molar-refractivity contribution in [3.05, 3.63) is 46.3 Å². The molecule has 2 aromatic heterocycles. The molecule has 1 aromatic carbocycles. The van der Waals surface area contributed by atoms with E-state index >= 15 is 0 Å². The van der Waals surface area contributed by atoms with Crippen molar-refractivity contribution >= 4 is 22.5 Å². The number of aromatic nitrogens is 4. The average molecular weight is 338 g/mol.